The Morgan fingerprint density at radius 3 is 2.59 bits per heavy atom. The summed E-state index contributed by atoms with van der Waals surface area (Å²) in [5.74, 6) is -0.0535. The number of fused-ring (bicyclic) bond motifs is 1. The number of carbonyl (C=O) groups is 2. The third-order valence-corrected chi connectivity index (χ3v) is 13.4. The first-order chi connectivity index (χ1) is 24.3. The number of nitrogens with zero attached hydrogens (tertiary/aromatic N) is 6. The summed E-state index contributed by atoms with van der Waals surface area (Å²) in [5, 5.41) is 0.726. The van der Waals surface area contributed by atoms with Crippen molar-refractivity contribution in [3.05, 3.63) is 92.1 Å². The molecule has 1 saturated heterocycles. The maximum absolute atomic E-state index is 15.1. The summed E-state index contributed by atoms with van der Waals surface area (Å²) in [7, 11) is 2.15. The van der Waals surface area contributed by atoms with Gasteiger partial charge < -0.3 is 4.90 Å². The third-order valence-electron chi connectivity index (χ3n) is 10.3. The number of aliphatic imine (C=N–C) groups is 1. The molecule has 4 aliphatic rings. The summed E-state index contributed by atoms with van der Waals surface area (Å²) >= 11 is 11.1. The fourth-order valence-electron chi connectivity index (χ4n) is 7.76. The van der Waals surface area contributed by atoms with Crippen LogP contribution >= 0.6 is 27.5 Å². The molecule has 0 aromatic heterocycles. The van der Waals surface area contributed by atoms with Crippen LogP contribution in [0.2, 0.25) is 5.02 Å². The SMILES string of the molecule is CC1C(CCCN(Cc2ccccc2)C(=O)[C@H]2CN(C3C4=C(C=C(Br)CN4C)CCc4cc(Cl)ccc43)CCN2C(=O)OC(C)(C)C)N=C[N]1[Tl]. The van der Waals surface area contributed by atoms with Gasteiger partial charge in [0.25, 0.3) is 0 Å². The van der Waals surface area contributed by atoms with Crippen LogP contribution < -0.4 is 0 Å². The fraction of sp³-hybridized carbons (Fsp3) is 0.513. The van der Waals surface area contributed by atoms with Crippen molar-refractivity contribution in [1.82, 2.24) is 22.3 Å². The van der Waals surface area contributed by atoms with E-state index in [0.717, 1.165) is 73.4 Å². The number of amides is 2. The number of benzene rings is 2. The second-order valence-corrected chi connectivity index (χ2v) is 19.0. The molecule has 4 atom stereocenters. The molecule has 3 unspecified atom stereocenters. The van der Waals surface area contributed by atoms with Gasteiger partial charge in [-0.1, -0.05) is 33.6 Å². The van der Waals surface area contributed by atoms with Gasteiger partial charge in [0, 0.05) is 28.8 Å². The van der Waals surface area contributed by atoms with Gasteiger partial charge in [-0.05, 0) is 68.5 Å². The molecule has 3 aliphatic heterocycles. The normalized spacial score (nSPS) is 23.8. The average Bonchev–Trinajstić information content (AvgIpc) is 3.30. The molecule has 0 bridgehead atoms. The molecule has 51 heavy (non-hydrogen) atoms. The number of aryl methyl sites for hydroxylation is 1. The van der Waals surface area contributed by atoms with Gasteiger partial charge in [0.2, 0.25) is 0 Å². The number of rotatable bonds is 8. The predicted octanol–water partition coefficient (Wildman–Crippen LogP) is 6.72. The molecular formula is C39H49BrClN6O3Tl. The number of carbonyl (C=O) groups excluding carboxylic acids is 2. The van der Waals surface area contributed by atoms with Crippen molar-refractivity contribution in [2.24, 2.45) is 4.99 Å². The standard InChI is InChI=1S/C39H49BrClN6O3.Tl/c1-26-33(43-25-42-26)12-9-17-46(22-27-10-7-6-8-11-27)37(48)34-24-45(18-19-47(34)38(49)50-39(2,3)4)36-32-16-15-31(41)21-28(32)13-14-29-20-30(40)23-44(5)35(29)36;/h6-8,10-11,15-16,20-21,25-26,33-34,36H,9,12-14,17-19,22-24H2,1-5H3;/q-1;+1/t26?,33?,34-,36?;/m1./s1. The van der Waals surface area contributed by atoms with Crippen molar-refractivity contribution >= 4 is 71.9 Å². The van der Waals surface area contributed by atoms with Crippen molar-refractivity contribution in [1.29, 1.82) is 0 Å². The Morgan fingerprint density at radius 1 is 1.12 bits per heavy atom. The Hall–Kier alpha value is -2.42. The average molecular weight is 970 g/mol. The van der Waals surface area contributed by atoms with Crippen LogP contribution in [0.4, 0.5) is 4.79 Å². The molecule has 1 aliphatic carbocycles. The monoisotopic (exact) mass is 968 g/mol. The van der Waals surface area contributed by atoms with Crippen LogP contribution in [0.25, 0.3) is 0 Å². The van der Waals surface area contributed by atoms with Gasteiger partial charge in [-0.25, -0.2) is 0 Å². The van der Waals surface area contributed by atoms with E-state index in [1.54, 1.807) is 4.90 Å². The maximum atomic E-state index is 15.1. The van der Waals surface area contributed by atoms with Crippen molar-refractivity contribution in [2.45, 2.75) is 89.7 Å². The van der Waals surface area contributed by atoms with Crippen LogP contribution in [-0.4, -0.2) is 130 Å². The minimum absolute atomic E-state index is 0.0535. The van der Waals surface area contributed by atoms with Crippen LogP contribution in [0.1, 0.15) is 69.7 Å². The first-order valence-electron chi connectivity index (χ1n) is 18.0. The minimum atomic E-state index is -0.724. The van der Waals surface area contributed by atoms with E-state index in [-0.39, 0.29) is 18.0 Å². The molecule has 6 rings (SSSR count). The zero-order valence-electron chi connectivity index (χ0n) is 30.4. The van der Waals surface area contributed by atoms with Gasteiger partial charge >= 0.3 is 194 Å². The summed E-state index contributed by atoms with van der Waals surface area (Å²) in [5.41, 5.74) is 5.34. The Bertz CT molecular complexity index is 1700. The first kappa shape index (κ1) is 38.3. The van der Waals surface area contributed by atoms with Gasteiger partial charge in [-0.15, -0.1) is 0 Å². The van der Waals surface area contributed by atoms with Gasteiger partial charge in [-0.2, -0.15) is 0 Å². The fourth-order valence-corrected chi connectivity index (χ4v) is 9.68. The van der Waals surface area contributed by atoms with E-state index in [2.05, 4.69) is 72.8 Å². The van der Waals surface area contributed by atoms with E-state index in [9.17, 15) is 4.79 Å². The van der Waals surface area contributed by atoms with E-state index in [4.69, 9.17) is 21.3 Å². The van der Waals surface area contributed by atoms with Gasteiger partial charge in [0.15, 0.2) is 0 Å². The van der Waals surface area contributed by atoms with E-state index >= 15 is 4.79 Å². The number of halogens is 2. The number of hydrogen-bond acceptors (Lipinski definition) is 7. The van der Waals surface area contributed by atoms with Crippen LogP contribution in [0, 0.1) is 0 Å². The number of likely N-dealkylation sites (N-methyl/N-ethyl adjacent to an activating group) is 1. The van der Waals surface area contributed by atoms with Crippen molar-refractivity contribution in [2.75, 3.05) is 39.8 Å². The van der Waals surface area contributed by atoms with Gasteiger partial charge in [0.1, 0.15) is 5.60 Å². The molecule has 0 spiro atoms. The summed E-state index contributed by atoms with van der Waals surface area (Å²) in [4.78, 5) is 42.1. The Labute approximate surface area is 332 Å². The second kappa shape index (κ2) is 16.3. The van der Waals surface area contributed by atoms with Crippen LogP contribution in [0.5, 0.6) is 0 Å². The predicted molar refractivity (Wildman–Crippen MR) is 208 cm³/mol. The van der Waals surface area contributed by atoms with Gasteiger partial charge in [0.05, 0.1) is 0 Å². The molecule has 1 fully saturated rings. The first-order valence-corrected chi connectivity index (χ1v) is 21.2. The molecule has 270 valence electrons. The number of ether oxygens (including phenoxy) is 1. The molecule has 3 heterocycles. The van der Waals surface area contributed by atoms with Gasteiger partial charge in [-0.3, -0.25) is 0 Å². The Morgan fingerprint density at radius 2 is 1.88 bits per heavy atom. The summed E-state index contributed by atoms with van der Waals surface area (Å²) in [6.45, 7) is 11.0. The van der Waals surface area contributed by atoms with Crippen molar-refractivity contribution < 1.29 is 14.3 Å². The second-order valence-electron chi connectivity index (χ2n) is 15.2. The molecule has 0 N–H and O–H groups in total. The zero-order valence-corrected chi connectivity index (χ0v) is 37.2. The third kappa shape index (κ3) is 9.04. The van der Waals surface area contributed by atoms with Crippen molar-refractivity contribution in [3.8, 4) is 0 Å². The number of allylic oxidation sites excluding steroid dienone is 2. The van der Waals surface area contributed by atoms with E-state index in [1.165, 1.54) is 22.4 Å². The molecule has 0 radical (unpaired) electrons. The van der Waals surface area contributed by atoms with E-state index < -0.39 is 17.7 Å². The summed E-state index contributed by atoms with van der Waals surface area (Å²) < 4.78 is 9.41. The quantitative estimate of drug-likeness (QED) is 0.274. The van der Waals surface area contributed by atoms with E-state index in [0.29, 0.717) is 38.8 Å². The molecule has 12 heteroatoms. The summed E-state index contributed by atoms with van der Waals surface area (Å²) in [6.07, 6.45) is 7.31. The molecule has 2 aromatic carbocycles. The molecular weight excluding hydrogens is 920 g/mol. The zero-order chi connectivity index (χ0) is 36.4. The Kier molecular flexibility index (Phi) is 12.2. The number of piperazine rings is 1. The van der Waals surface area contributed by atoms with Crippen LogP contribution in [-0.2, 0) is 22.5 Å². The molecule has 9 nitrogen and oxygen atoms in total. The molecule has 2 aromatic rings. The van der Waals surface area contributed by atoms with Crippen LogP contribution in [0.15, 0.2) is 75.4 Å². The molecule has 0 saturated carbocycles. The van der Waals surface area contributed by atoms with Crippen LogP contribution in [0.3, 0.4) is 0 Å². The Balaban J connectivity index is 1.35. The summed E-state index contributed by atoms with van der Waals surface area (Å²) in [6, 6.07) is 16.2. The van der Waals surface area contributed by atoms with E-state index in [1.807, 2.05) is 56.3 Å². The van der Waals surface area contributed by atoms with Crippen molar-refractivity contribution in [3.63, 3.8) is 0 Å². The molecule has 2 amide bonds. The topological polar surface area (TPSA) is 71.9 Å². The number of hydrogen-bond donors (Lipinski definition) is 0.